The van der Waals surface area contributed by atoms with E-state index < -0.39 is 5.97 Å². The summed E-state index contributed by atoms with van der Waals surface area (Å²) in [6.07, 6.45) is 0.993. The first-order valence-corrected chi connectivity index (χ1v) is 6.56. The molecular weight excluding hydrogens is 282 g/mol. The van der Waals surface area contributed by atoms with Gasteiger partial charge in [0, 0.05) is 17.1 Å². The van der Waals surface area contributed by atoms with Gasteiger partial charge in [-0.05, 0) is 38.5 Å². The molecule has 0 amide bonds. The van der Waals surface area contributed by atoms with Crippen LogP contribution in [0.15, 0.2) is 22.7 Å². The second kappa shape index (κ2) is 6.05. The van der Waals surface area contributed by atoms with Crippen LogP contribution < -0.4 is 4.90 Å². The fraction of sp³-hybridized carbons (Fsp3) is 0.462. The number of carboxylic acids is 1. The molecule has 4 heteroatoms. The van der Waals surface area contributed by atoms with Gasteiger partial charge in [-0.3, -0.25) is 0 Å². The number of carboxylic acid groups (broad SMARTS) is 1. The number of anilines is 1. The van der Waals surface area contributed by atoms with Gasteiger partial charge in [-0.2, -0.15) is 0 Å². The van der Waals surface area contributed by atoms with E-state index in [2.05, 4.69) is 41.6 Å². The van der Waals surface area contributed by atoms with Crippen LogP contribution in [-0.2, 0) is 0 Å². The molecule has 0 spiro atoms. The summed E-state index contributed by atoms with van der Waals surface area (Å²) in [5, 5.41) is 9.24. The van der Waals surface area contributed by atoms with E-state index in [1.54, 1.807) is 6.07 Å². The van der Waals surface area contributed by atoms with Gasteiger partial charge in [-0.25, -0.2) is 4.79 Å². The molecule has 94 valence electrons. The van der Waals surface area contributed by atoms with Crippen molar-refractivity contribution in [1.29, 1.82) is 0 Å². The van der Waals surface area contributed by atoms with Crippen LogP contribution in [0.25, 0.3) is 0 Å². The second-order valence-electron chi connectivity index (χ2n) is 4.25. The average Bonchev–Trinajstić information content (AvgIpc) is 2.26. The fourth-order valence-corrected chi connectivity index (χ4v) is 2.19. The molecule has 0 aliphatic heterocycles. The summed E-state index contributed by atoms with van der Waals surface area (Å²) in [7, 11) is 0. The summed E-state index contributed by atoms with van der Waals surface area (Å²) in [5.74, 6) is -0.886. The highest BCUT2D eigenvalue weighted by Crippen LogP contribution is 2.26. The zero-order valence-electron chi connectivity index (χ0n) is 10.4. The monoisotopic (exact) mass is 299 g/mol. The molecule has 0 bridgehead atoms. The van der Waals surface area contributed by atoms with E-state index in [4.69, 9.17) is 0 Å². The molecule has 0 saturated heterocycles. The molecule has 0 heterocycles. The largest absolute Gasteiger partial charge is 0.478 e. The molecule has 0 unspecified atom stereocenters. The number of halogens is 1. The molecule has 0 radical (unpaired) electrons. The Balaban J connectivity index is 3.22. The molecule has 0 aliphatic rings. The van der Waals surface area contributed by atoms with Crippen molar-refractivity contribution < 1.29 is 9.90 Å². The standard InChI is InChI=1S/C13H18BrNO2/c1-4-7-15(9(2)3)12-6-5-10(14)8-11(12)13(16)17/h5-6,8-9H,4,7H2,1-3H3,(H,16,17). The van der Waals surface area contributed by atoms with Crippen LogP contribution in [0.3, 0.4) is 0 Å². The Morgan fingerprint density at radius 1 is 1.47 bits per heavy atom. The summed E-state index contributed by atoms with van der Waals surface area (Å²) in [6, 6.07) is 5.69. The van der Waals surface area contributed by atoms with Crippen LogP contribution in [-0.4, -0.2) is 23.7 Å². The van der Waals surface area contributed by atoms with Gasteiger partial charge in [0.15, 0.2) is 0 Å². The Morgan fingerprint density at radius 2 is 2.12 bits per heavy atom. The molecular formula is C13H18BrNO2. The van der Waals surface area contributed by atoms with Crippen molar-refractivity contribution in [3.63, 3.8) is 0 Å². The minimum absolute atomic E-state index is 0.286. The number of hydrogen-bond acceptors (Lipinski definition) is 2. The molecule has 17 heavy (non-hydrogen) atoms. The minimum atomic E-state index is -0.886. The van der Waals surface area contributed by atoms with E-state index in [1.807, 2.05) is 12.1 Å². The lowest BCUT2D eigenvalue weighted by Gasteiger charge is -2.30. The molecule has 1 rings (SSSR count). The Bertz CT molecular complexity index is 404. The number of benzene rings is 1. The summed E-state index contributed by atoms with van der Waals surface area (Å²) >= 11 is 3.31. The Kier molecular flexibility index (Phi) is 5.00. The zero-order chi connectivity index (χ0) is 13.0. The molecule has 0 aliphatic carbocycles. The number of hydrogen-bond donors (Lipinski definition) is 1. The SMILES string of the molecule is CCCN(c1ccc(Br)cc1C(=O)O)C(C)C. The number of aromatic carboxylic acids is 1. The molecule has 0 atom stereocenters. The predicted octanol–water partition coefficient (Wildman–Crippen LogP) is 3.77. The maximum atomic E-state index is 11.3. The van der Waals surface area contributed by atoms with Gasteiger partial charge in [-0.1, -0.05) is 22.9 Å². The Hall–Kier alpha value is -1.03. The molecule has 1 N–H and O–H groups in total. The van der Waals surface area contributed by atoms with Gasteiger partial charge >= 0.3 is 5.97 Å². The third-order valence-electron chi connectivity index (χ3n) is 2.59. The van der Waals surface area contributed by atoms with Crippen molar-refractivity contribution in [2.45, 2.75) is 33.2 Å². The van der Waals surface area contributed by atoms with E-state index >= 15 is 0 Å². The molecule has 0 aromatic heterocycles. The normalized spacial score (nSPS) is 10.6. The number of carbonyl (C=O) groups is 1. The first-order chi connectivity index (χ1) is 7.97. The quantitative estimate of drug-likeness (QED) is 0.900. The smallest absolute Gasteiger partial charge is 0.337 e. The number of nitrogens with zero attached hydrogens (tertiary/aromatic N) is 1. The zero-order valence-corrected chi connectivity index (χ0v) is 12.0. The predicted molar refractivity (Wildman–Crippen MR) is 73.9 cm³/mol. The highest BCUT2D eigenvalue weighted by atomic mass is 79.9. The topological polar surface area (TPSA) is 40.5 Å². The number of rotatable bonds is 5. The lowest BCUT2D eigenvalue weighted by atomic mass is 10.1. The fourth-order valence-electron chi connectivity index (χ4n) is 1.83. The molecule has 1 aromatic carbocycles. The van der Waals surface area contributed by atoms with Gasteiger partial charge in [0.25, 0.3) is 0 Å². The van der Waals surface area contributed by atoms with Crippen LogP contribution in [0.5, 0.6) is 0 Å². The van der Waals surface area contributed by atoms with E-state index in [0.717, 1.165) is 23.1 Å². The van der Waals surface area contributed by atoms with Crippen molar-refractivity contribution >= 4 is 27.6 Å². The van der Waals surface area contributed by atoms with E-state index in [-0.39, 0.29) is 6.04 Å². The highest BCUT2D eigenvalue weighted by molar-refractivity contribution is 9.10. The van der Waals surface area contributed by atoms with Crippen LogP contribution in [0, 0.1) is 0 Å². The van der Waals surface area contributed by atoms with Gasteiger partial charge in [-0.15, -0.1) is 0 Å². The van der Waals surface area contributed by atoms with Crippen molar-refractivity contribution in [2.75, 3.05) is 11.4 Å². The molecule has 1 aromatic rings. The van der Waals surface area contributed by atoms with Crippen molar-refractivity contribution in [3.8, 4) is 0 Å². The van der Waals surface area contributed by atoms with E-state index in [0.29, 0.717) is 5.56 Å². The lowest BCUT2D eigenvalue weighted by Crippen LogP contribution is -2.32. The molecule has 3 nitrogen and oxygen atoms in total. The Morgan fingerprint density at radius 3 is 2.59 bits per heavy atom. The summed E-state index contributed by atoms with van der Waals surface area (Å²) in [5.41, 5.74) is 1.14. The van der Waals surface area contributed by atoms with Gasteiger partial charge < -0.3 is 10.0 Å². The second-order valence-corrected chi connectivity index (χ2v) is 5.17. The van der Waals surface area contributed by atoms with Crippen molar-refractivity contribution in [1.82, 2.24) is 0 Å². The van der Waals surface area contributed by atoms with Crippen molar-refractivity contribution in [3.05, 3.63) is 28.2 Å². The van der Waals surface area contributed by atoms with Crippen LogP contribution in [0.2, 0.25) is 0 Å². The van der Waals surface area contributed by atoms with Crippen LogP contribution in [0.1, 0.15) is 37.6 Å². The first kappa shape index (κ1) is 14.0. The van der Waals surface area contributed by atoms with Crippen molar-refractivity contribution in [2.24, 2.45) is 0 Å². The maximum Gasteiger partial charge on any atom is 0.337 e. The third-order valence-corrected chi connectivity index (χ3v) is 3.08. The Labute approximate surface area is 111 Å². The van der Waals surface area contributed by atoms with Crippen LogP contribution >= 0.6 is 15.9 Å². The van der Waals surface area contributed by atoms with Crippen LogP contribution in [0.4, 0.5) is 5.69 Å². The average molecular weight is 300 g/mol. The van der Waals surface area contributed by atoms with E-state index in [1.165, 1.54) is 0 Å². The molecule has 0 saturated carbocycles. The lowest BCUT2D eigenvalue weighted by molar-refractivity contribution is 0.0697. The van der Waals surface area contributed by atoms with Gasteiger partial charge in [0.2, 0.25) is 0 Å². The van der Waals surface area contributed by atoms with Gasteiger partial charge in [0.05, 0.1) is 11.3 Å². The summed E-state index contributed by atoms with van der Waals surface area (Å²) < 4.78 is 0.791. The maximum absolute atomic E-state index is 11.3. The minimum Gasteiger partial charge on any atom is -0.478 e. The third kappa shape index (κ3) is 3.46. The molecule has 0 fully saturated rings. The summed E-state index contributed by atoms with van der Waals surface area (Å²) in [6.45, 7) is 7.10. The first-order valence-electron chi connectivity index (χ1n) is 5.76. The van der Waals surface area contributed by atoms with Gasteiger partial charge in [0.1, 0.15) is 0 Å². The highest BCUT2D eigenvalue weighted by Gasteiger charge is 2.17. The summed E-state index contributed by atoms with van der Waals surface area (Å²) in [4.78, 5) is 13.4. The van der Waals surface area contributed by atoms with E-state index in [9.17, 15) is 9.90 Å².